The number of aliphatic carboxylic acids is 2. The Morgan fingerprint density at radius 1 is 1.25 bits per heavy atom. The minimum Gasteiger partial charge on any atom is -0.545 e. The van der Waals surface area contributed by atoms with E-state index in [4.69, 9.17) is 16.3 Å². The van der Waals surface area contributed by atoms with Crippen molar-refractivity contribution in [1.82, 2.24) is 0 Å². The molecule has 0 amide bonds. The van der Waals surface area contributed by atoms with Gasteiger partial charge in [0, 0.05) is 6.08 Å². The summed E-state index contributed by atoms with van der Waals surface area (Å²) in [5, 5.41) is 20.9. The molecule has 1 aromatic rings. The van der Waals surface area contributed by atoms with Gasteiger partial charge in [-0.3, -0.25) is 0 Å². The molecular formula is C10H5ClO5-2. The number of halogens is 1. The van der Waals surface area contributed by atoms with Crippen LogP contribution in [-0.2, 0) is 9.59 Å². The van der Waals surface area contributed by atoms with E-state index in [-0.39, 0.29) is 16.8 Å². The van der Waals surface area contributed by atoms with Crippen molar-refractivity contribution in [1.29, 1.82) is 0 Å². The molecule has 1 aromatic carbocycles. The molecule has 0 atom stereocenters. The first-order valence-corrected chi connectivity index (χ1v) is 4.45. The Bertz CT molecular complexity index is 452. The summed E-state index contributed by atoms with van der Waals surface area (Å²) < 4.78 is 4.76. The van der Waals surface area contributed by atoms with E-state index in [2.05, 4.69) is 0 Å². The Kier molecular flexibility index (Phi) is 3.90. The van der Waals surface area contributed by atoms with Crippen molar-refractivity contribution in [2.75, 3.05) is 0 Å². The van der Waals surface area contributed by atoms with E-state index in [1.165, 1.54) is 12.1 Å². The number of carboxylic acids is 2. The van der Waals surface area contributed by atoms with Gasteiger partial charge >= 0.3 is 0 Å². The molecular weight excluding hydrogens is 236 g/mol. The number of carbonyl (C=O) groups is 2. The van der Waals surface area contributed by atoms with Crippen LogP contribution in [0.5, 0.6) is 5.75 Å². The van der Waals surface area contributed by atoms with Gasteiger partial charge in [0.1, 0.15) is 11.7 Å². The summed E-state index contributed by atoms with van der Waals surface area (Å²) in [4.78, 5) is 20.7. The zero-order valence-electron chi connectivity index (χ0n) is 7.81. The maximum absolute atomic E-state index is 10.5. The summed E-state index contributed by atoms with van der Waals surface area (Å²) in [5.41, 5.74) is 0. The molecule has 5 nitrogen and oxygen atoms in total. The molecule has 16 heavy (non-hydrogen) atoms. The third-order valence-corrected chi connectivity index (χ3v) is 1.82. The van der Waals surface area contributed by atoms with Crippen LogP contribution in [0.25, 0.3) is 0 Å². The average molecular weight is 241 g/mol. The second-order valence-electron chi connectivity index (χ2n) is 2.65. The second kappa shape index (κ2) is 5.18. The quantitative estimate of drug-likeness (QED) is 0.503. The van der Waals surface area contributed by atoms with E-state index >= 15 is 0 Å². The number of ether oxygens (including phenoxy) is 1. The van der Waals surface area contributed by atoms with E-state index in [1.807, 2.05) is 0 Å². The van der Waals surface area contributed by atoms with Crippen LogP contribution >= 0.6 is 11.6 Å². The van der Waals surface area contributed by atoms with Gasteiger partial charge in [-0.1, -0.05) is 23.7 Å². The van der Waals surface area contributed by atoms with E-state index in [0.29, 0.717) is 0 Å². The third kappa shape index (κ3) is 3.29. The first-order chi connectivity index (χ1) is 7.50. The SMILES string of the molecule is O=C([O-])/C=C(\Oc1ccccc1Cl)C(=O)[O-]. The Morgan fingerprint density at radius 2 is 1.88 bits per heavy atom. The van der Waals surface area contributed by atoms with Crippen LogP contribution in [0.15, 0.2) is 36.1 Å². The molecule has 0 N–H and O–H groups in total. The van der Waals surface area contributed by atoms with Crippen molar-refractivity contribution in [3.63, 3.8) is 0 Å². The lowest BCUT2D eigenvalue weighted by atomic mass is 10.3. The minimum absolute atomic E-state index is 0.0147. The Morgan fingerprint density at radius 3 is 2.38 bits per heavy atom. The number of carbonyl (C=O) groups excluding carboxylic acids is 2. The largest absolute Gasteiger partial charge is 0.545 e. The molecule has 0 fully saturated rings. The van der Waals surface area contributed by atoms with Gasteiger partial charge in [0.25, 0.3) is 0 Å². The van der Waals surface area contributed by atoms with Gasteiger partial charge in [-0.25, -0.2) is 0 Å². The fourth-order valence-electron chi connectivity index (χ4n) is 0.883. The average Bonchev–Trinajstić information content (AvgIpc) is 2.19. The molecule has 0 unspecified atom stereocenters. The molecule has 0 aliphatic carbocycles. The van der Waals surface area contributed by atoms with Crippen LogP contribution in [0.3, 0.4) is 0 Å². The van der Waals surface area contributed by atoms with Gasteiger partial charge in [-0.15, -0.1) is 0 Å². The molecule has 84 valence electrons. The van der Waals surface area contributed by atoms with Crippen molar-refractivity contribution >= 4 is 23.5 Å². The summed E-state index contributed by atoms with van der Waals surface area (Å²) in [6.45, 7) is 0. The van der Waals surface area contributed by atoms with E-state index < -0.39 is 17.7 Å². The molecule has 0 spiro atoms. The smallest absolute Gasteiger partial charge is 0.151 e. The number of hydrogen-bond acceptors (Lipinski definition) is 5. The number of carboxylic acid groups (broad SMARTS) is 2. The summed E-state index contributed by atoms with van der Waals surface area (Å²) in [6, 6.07) is 6.00. The predicted octanol–water partition coefficient (Wildman–Crippen LogP) is -0.898. The standard InChI is InChI=1S/C10H7ClO5/c11-6-3-1-2-4-7(6)16-8(10(14)15)5-9(12)13/h1-5H,(H,12,13)(H,14,15)/p-2/b8-5-. The lowest BCUT2D eigenvalue weighted by Gasteiger charge is -2.12. The lowest BCUT2D eigenvalue weighted by molar-refractivity contribution is -0.305. The molecule has 0 aliphatic heterocycles. The maximum Gasteiger partial charge on any atom is 0.151 e. The zero-order valence-corrected chi connectivity index (χ0v) is 8.56. The number of para-hydroxylation sites is 1. The zero-order chi connectivity index (χ0) is 12.1. The second-order valence-corrected chi connectivity index (χ2v) is 3.05. The Hall–Kier alpha value is -2.01. The first-order valence-electron chi connectivity index (χ1n) is 4.07. The molecule has 0 heterocycles. The van der Waals surface area contributed by atoms with Gasteiger partial charge in [-0.05, 0) is 12.1 Å². The normalized spacial score (nSPS) is 10.9. The molecule has 6 heteroatoms. The molecule has 0 aliphatic rings. The fraction of sp³-hybridized carbons (Fsp3) is 0. The number of rotatable bonds is 4. The van der Waals surface area contributed by atoms with E-state index in [0.717, 1.165) is 0 Å². The van der Waals surface area contributed by atoms with Gasteiger partial charge in [-0.2, -0.15) is 0 Å². The first kappa shape index (κ1) is 12.1. The van der Waals surface area contributed by atoms with Crippen molar-refractivity contribution in [2.45, 2.75) is 0 Å². The van der Waals surface area contributed by atoms with Gasteiger partial charge in [0.15, 0.2) is 5.76 Å². The third-order valence-electron chi connectivity index (χ3n) is 1.51. The van der Waals surface area contributed by atoms with Crippen LogP contribution in [0.2, 0.25) is 5.02 Å². The van der Waals surface area contributed by atoms with E-state index in [1.54, 1.807) is 12.1 Å². The Labute approximate surface area is 95.5 Å². The summed E-state index contributed by atoms with van der Waals surface area (Å²) in [6.07, 6.45) is 0.276. The highest BCUT2D eigenvalue weighted by atomic mass is 35.5. The van der Waals surface area contributed by atoms with Crippen LogP contribution in [0.4, 0.5) is 0 Å². The van der Waals surface area contributed by atoms with Gasteiger partial charge in [0.05, 0.1) is 11.0 Å². The van der Waals surface area contributed by atoms with Crippen molar-refractivity contribution < 1.29 is 24.5 Å². The van der Waals surface area contributed by atoms with Crippen LogP contribution in [0.1, 0.15) is 0 Å². The van der Waals surface area contributed by atoms with Crippen molar-refractivity contribution in [3.8, 4) is 5.75 Å². The summed E-state index contributed by atoms with van der Waals surface area (Å²) >= 11 is 5.68. The molecule has 0 saturated heterocycles. The minimum atomic E-state index is -1.77. The topological polar surface area (TPSA) is 89.5 Å². The number of hydrogen-bond donors (Lipinski definition) is 0. The highest BCUT2D eigenvalue weighted by molar-refractivity contribution is 6.32. The van der Waals surface area contributed by atoms with Crippen LogP contribution in [-0.4, -0.2) is 11.9 Å². The summed E-state index contributed by atoms with van der Waals surface area (Å²) in [7, 11) is 0. The molecule has 0 bridgehead atoms. The van der Waals surface area contributed by atoms with Crippen molar-refractivity contribution in [3.05, 3.63) is 41.1 Å². The number of benzene rings is 1. The fourth-order valence-corrected chi connectivity index (χ4v) is 1.06. The lowest BCUT2D eigenvalue weighted by Crippen LogP contribution is -2.30. The highest BCUT2D eigenvalue weighted by Gasteiger charge is 2.05. The predicted molar refractivity (Wildman–Crippen MR) is 50.2 cm³/mol. The van der Waals surface area contributed by atoms with Crippen LogP contribution < -0.4 is 14.9 Å². The molecule has 0 saturated carbocycles. The maximum atomic E-state index is 10.5. The molecule has 0 radical (unpaired) electrons. The monoisotopic (exact) mass is 240 g/mol. The highest BCUT2D eigenvalue weighted by Crippen LogP contribution is 2.24. The van der Waals surface area contributed by atoms with Gasteiger partial charge < -0.3 is 24.5 Å². The van der Waals surface area contributed by atoms with Crippen molar-refractivity contribution in [2.24, 2.45) is 0 Å². The molecule has 0 aromatic heterocycles. The van der Waals surface area contributed by atoms with Gasteiger partial charge in [0.2, 0.25) is 0 Å². The summed E-state index contributed by atoms with van der Waals surface area (Å²) in [5.74, 6) is -4.34. The van der Waals surface area contributed by atoms with Crippen LogP contribution in [0, 0.1) is 0 Å². The molecule has 1 rings (SSSR count). The Balaban J connectivity index is 2.98. The van der Waals surface area contributed by atoms with E-state index in [9.17, 15) is 19.8 Å².